The monoisotopic (exact) mass is 197 g/mol. The number of ether oxygens (including phenoxy) is 1. The minimum absolute atomic E-state index is 0.209. The standard InChI is InChI=1S/C9H8ClNO2/c1-2-9(12)13-8-4-3-5-11-7(8)6-10/h2-5H,1,6H2. The van der Waals surface area contributed by atoms with Gasteiger partial charge in [-0.15, -0.1) is 11.6 Å². The Labute approximate surface area is 81.0 Å². The van der Waals surface area contributed by atoms with E-state index in [1.54, 1.807) is 18.3 Å². The molecule has 0 spiro atoms. The van der Waals surface area contributed by atoms with Crippen molar-refractivity contribution in [1.82, 2.24) is 4.98 Å². The molecule has 1 rings (SSSR count). The van der Waals surface area contributed by atoms with Gasteiger partial charge >= 0.3 is 5.97 Å². The van der Waals surface area contributed by atoms with E-state index < -0.39 is 5.97 Å². The molecule has 0 aliphatic heterocycles. The van der Waals surface area contributed by atoms with Gasteiger partial charge in [0.15, 0.2) is 5.75 Å². The summed E-state index contributed by atoms with van der Waals surface area (Å²) in [7, 11) is 0. The minimum Gasteiger partial charge on any atom is -0.421 e. The lowest BCUT2D eigenvalue weighted by molar-refractivity contribution is -0.129. The molecule has 0 N–H and O–H groups in total. The van der Waals surface area contributed by atoms with Crippen molar-refractivity contribution in [1.29, 1.82) is 0 Å². The number of halogens is 1. The van der Waals surface area contributed by atoms with Gasteiger partial charge in [-0.05, 0) is 12.1 Å². The average molecular weight is 198 g/mol. The van der Waals surface area contributed by atoms with Gasteiger partial charge in [0, 0.05) is 12.3 Å². The number of rotatable bonds is 3. The summed E-state index contributed by atoms with van der Waals surface area (Å²) >= 11 is 5.58. The number of hydrogen-bond acceptors (Lipinski definition) is 3. The third-order valence-corrected chi connectivity index (χ3v) is 1.61. The van der Waals surface area contributed by atoms with Crippen molar-refractivity contribution in [2.24, 2.45) is 0 Å². The lowest BCUT2D eigenvalue weighted by Gasteiger charge is -2.03. The Morgan fingerprint density at radius 2 is 2.54 bits per heavy atom. The molecule has 1 aromatic rings. The van der Waals surface area contributed by atoms with Crippen LogP contribution < -0.4 is 4.74 Å². The second-order valence-electron chi connectivity index (χ2n) is 2.21. The van der Waals surface area contributed by atoms with Gasteiger partial charge in [-0.25, -0.2) is 4.79 Å². The van der Waals surface area contributed by atoms with Crippen LogP contribution in [0.3, 0.4) is 0 Å². The van der Waals surface area contributed by atoms with E-state index in [-0.39, 0.29) is 5.88 Å². The SMILES string of the molecule is C=CC(=O)Oc1cccnc1CCl. The highest BCUT2D eigenvalue weighted by atomic mass is 35.5. The fourth-order valence-corrected chi connectivity index (χ4v) is 0.967. The summed E-state index contributed by atoms with van der Waals surface area (Å²) in [5.74, 6) is 0.0717. The molecule has 68 valence electrons. The minimum atomic E-state index is -0.514. The summed E-state index contributed by atoms with van der Waals surface area (Å²) in [5, 5.41) is 0. The van der Waals surface area contributed by atoms with Crippen LogP contribution in [0.1, 0.15) is 5.69 Å². The third kappa shape index (κ3) is 2.56. The summed E-state index contributed by atoms with van der Waals surface area (Å²) in [5.41, 5.74) is 0.541. The summed E-state index contributed by atoms with van der Waals surface area (Å²) in [6.45, 7) is 3.28. The molecule has 3 nitrogen and oxygen atoms in total. The molecule has 0 unspecified atom stereocenters. The maximum Gasteiger partial charge on any atom is 0.335 e. The van der Waals surface area contributed by atoms with Crippen LogP contribution in [0.2, 0.25) is 0 Å². The molecule has 0 saturated carbocycles. The lowest BCUT2D eigenvalue weighted by Crippen LogP contribution is -2.05. The maximum atomic E-state index is 10.8. The Balaban J connectivity index is 2.86. The number of aromatic nitrogens is 1. The highest BCUT2D eigenvalue weighted by Gasteiger charge is 2.05. The van der Waals surface area contributed by atoms with E-state index in [0.717, 1.165) is 6.08 Å². The van der Waals surface area contributed by atoms with E-state index in [1.807, 2.05) is 0 Å². The maximum absolute atomic E-state index is 10.8. The second-order valence-corrected chi connectivity index (χ2v) is 2.47. The molecule has 0 aromatic carbocycles. The number of hydrogen-bond donors (Lipinski definition) is 0. The lowest BCUT2D eigenvalue weighted by atomic mass is 10.3. The summed E-state index contributed by atoms with van der Waals surface area (Å²) in [4.78, 5) is 14.8. The van der Waals surface area contributed by atoms with Gasteiger partial charge in [0.25, 0.3) is 0 Å². The van der Waals surface area contributed by atoms with Crippen LogP contribution in [0.25, 0.3) is 0 Å². The van der Waals surface area contributed by atoms with E-state index >= 15 is 0 Å². The van der Waals surface area contributed by atoms with Gasteiger partial charge < -0.3 is 4.74 Å². The molecule has 1 heterocycles. The first-order chi connectivity index (χ1) is 6.27. The number of carbonyl (C=O) groups excluding carboxylic acids is 1. The van der Waals surface area contributed by atoms with Crippen LogP contribution in [0.5, 0.6) is 5.75 Å². The zero-order valence-corrected chi connectivity index (χ0v) is 7.62. The molecule has 0 atom stereocenters. The Hall–Kier alpha value is -1.35. The number of carbonyl (C=O) groups is 1. The second kappa shape index (κ2) is 4.62. The van der Waals surface area contributed by atoms with Crippen molar-refractivity contribution in [3.63, 3.8) is 0 Å². The van der Waals surface area contributed by atoms with Gasteiger partial charge in [0.1, 0.15) is 0 Å². The van der Waals surface area contributed by atoms with Gasteiger partial charge in [0.2, 0.25) is 0 Å². The normalized spacial score (nSPS) is 9.31. The smallest absolute Gasteiger partial charge is 0.335 e. The Kier molecular flexibility index (Phi) is 3.46. The van der Waals surface area contributed by atoms with Crippen molar-refractivity contribution >= 4 is 17.6 Å². The largest absolute Gasteiger partial charge is 0.421 e. The molecule has 1 aromatic heterocycles. The van der Waals surface area contributed by atoms with Crippen molar-refractivity contribution in [2.75, 3.05) is 0 Å². The summed E-state index contributed by atoms with van der Waals surface area (Å²) < 4.78 is 4.88. The van der Waals surface area contributed by atoms with Crippen LogP contribution in [0, 0.1) is 0 Å². The molecule has 0 saturated heterocycles. The molecule has 0 radical (unpaired) electrons. The van der Waals surface area contributed by atoms with Gasteiger partial charge in [0.05, 0.1) is 11.6 Å². The van der Waals surface area contributed by atoms with Gasteiger partial charge in [-0.3, -0.25) is 4.98 Å². The first-order valence-corrected chi connectivity index (χ1v) is 4.15. The molecule has 0 fully saturated rings. The fourth-order valence-electron chi connectivity index (χ4n) is 0.767. The van der Waals surface area contributed by atoms with Crippen LogP contribution in [-0.4, -0.2) is 11.0 Å². The first kappa shape index (κ1) is 9.74. The Bertz CT molecular complexity index is 325. The van der Waals surface area contributed by atoms with Gasteiger partial charge in [-0.1, -0.05) is 6.58 Å². The van der Waals surface area contributed by atoms with E-state index in [1.165, 1.54) is 0 Å². The molecule has 0 aliphatic carbocycles. The zero-order valence-electron chi connectivity index (χ0n) is 6.87. The van der Waals surface area contributed by atoms with E-state index in [2.05, 4.69) is 11.6 Å². The molecule has 4 heteroatoms. The Morgan fingerprint density at radius 3 is 3.15 bits per heavy atom. The summed E-state index contributed by atoms with van der Waals surface area (Å²) in [6, 6.07) is 3.30. The van der Waals surface area contributed by atoms with E-state index in [4.69, 9.17) is 16.3 Å². The molecular formula is C9H8ClNO2. The highest BCUT2D eigenvalue weighted by Crippen LogP contribution is 2.17. The summed E-state index contributed by atoms with van der Waals surface area (Å²) in [6.07, 6.45) is 2.67. The quantitative estimate of drug-likeness (QED) is 0.422. The van der Waals surface area contributed by atoms with Crippen LogP contribution in [-0.2, 0) is 10.7 Å². The van der Waals surface area contributed by atoms with Crippen molar-refractivity contribution in [2.45, 2.75) is 5.88 Å². The van der Waals surface area contributed by atoms with Crippen LogP contribution in [0.15, 0.2) is 31.0 Å². The number of esters is 1. The van der Waals surface area contributed by atoms with Crippen molar-refractivity contribution < 1.29 is 9.53 Å². The topological polar surface area (TPSA) is 39.2 Å². The zero-order chi connectivity index (χ0) is 9.68. The number of alkyl halides is 1. The van der Waals surface area contributed by atoms with E-state index in [9.17, 15) is 4.79 Å². The van der Waals surface area contributed by atoms with Crippen LogP contribution >= 0.6 is 11.6 Å². The fraction of sp³-hybridized carbons (Fsp3) is 0.111. The predicted octanol–water partition coefficient (Wildman–Crippen LogP) is 1.91. The number of pyridine rings is 1. The first-order valence-electron chi connectivity index (χ1n) is 3.62. The molecule has 13 heavy (non-hydrogen) atoms. The molecule has 0 bridgehead atoms. The molecular weight excluding hydrogens is 190 g/mol. The Morgan fingerprint density at radius 1 is 1.77 bits per heavy atom. The number of nitrogens with zero attached hydrogens (tertiary/aromatic N) is 1. The van der Waals surface area contributed by atoms with Crippen molar-refractivity contribution in [3.05, 3.63) is 36.7 Å². The molecule has 0 amide bonds. The average Bonchev–Trinajstić information content (AvgIpc) is 2.18. The molecule has 0 aliphatic rings. The highest BCUT2D eigenvalue weighted by molar-refractivity contribution is 6.17. The predicted molar refractivity (Wildman–Crippen MR) is 49.6 cm³/mol. The van der Waals surface area contributed by atoms with Crippen molar-refractivity contribution in [3.8, 4) is 5.75 Å². The third-order valence-electron chi connectivity index (χ3n) is 1.35. The van der Waals surface area contributed by atoms with Crippen LogP contribution in [0.4, 0.5) is 0 Å². The van der Waals surface area contributed by atoms with Gasteiger partial charge in [-0.2, -0.15) is 0 Å². The van der Waals surface area contributed by atoms with E-state index in [0.29, 0.717) is 11.4 Å².